The van der Waals surface area contributed by atoms with Gasteiger partial charge in [0.05, 0.1) is 7.11 Å². The van der Waals surface area contributed by atoms with Crippen LogP contribution in [-0.2, 0) is 0 Å². The molecule has 0 amide bonds. The first-order valence-electron chi connectivity index (χ1n) is 7.45. The van der Waals surface area contributed by atoms with Crippen molar-refractivity contribution in [1.29, 1.82) is 0 Å². The van der Waals surface area contributed by atoms with Gasteiger partial charge in [-0.05, 0) is 43.5 Å². The predicted octanol–water partition coefficient (Wildman–Crippen LogP) is 3.28. The lowest BCUT2D eigenvalue weighted by Crippen LogP contribution is -2.41. The number of nitrogens with zero attached hydrogens (tertiary/aromatic N) is 1. The number of methoxy groups -OCH3 is 1. The van der Waals surface area contributed by atoms with Crippen LogP contribution in [0.1, 0.15) is 37.8 Å². The van der Waals surface area contributed by atoms with Gasteiger partial charge in [-0.25, -0.2) is 0 Å². The number of likely N-dealkylation sites (tertiary alicyclic amines) is 1. The predicted molar refractivity (Wildman–Crippen MR) is 78.8 cm³/mol. The molecule has 0 aromatic heterocycles. The van der Waals surface area contributed by atoms with Crippen LogP contribution in [0.4, 0.5) is 5.69 Å². The van der Waals surface area contributed by atoms with E-state index in [1.165, 1.54) is 43.6 Å². The van der Waals surface area contributed by atoms with E-state index in [0.717, 1.165) is 12.3 Å². The third kappa shape index (κ3) is 2.44. The molecule has 0 spiro atoms. The number of piperidine rings is 1. The minimum Gasteiger partial charge on any atom is -0.497 e. The average Bonchev–Trinajstić information content (AvgIpc) is 2.47. The Kier molecular flexibility index (Phi) is 3.65. The largest absolute Gasteiger partial charge is 0.497 e. The molecule has 1 fully saturated rings. The Bertz CT molecular complexity index is 440. The second kappa shape index (κ2) is 5.41. The van der Waals surface area contributed by atoms with E-state index >= 15 is 0 Å². The van der Waals surface area contributed by atoms with Crippen molar-refractivity contribution >= 4 is 5.69 Å². The molecule has 0 radical (unpaired) electrons. The number of rotatable bonds is 2. The molecule has 3 nitrogen and oxygen atoms in total. The lowest BCUT2D eigenvalue weighted by atomic mass is 9.87. The Morgan fingerprint density at radius 3 is 2.74 bits per heavy atom. The molecule has 1 saturated heterocycles. The van der Waals surface area contributed by atoms with Gasteiger partial charge in [0.25, 0.3) is 0 Å². The quantitative estimate of drug-likeness (QED) is 0.883. The Labute approximate surface area is 115 Å². The van der Waals surface area contributed by atoms with Crippen LogP contribution >= 0.6 is 0 Å². The zero-order valence-corrected chi connectivity index (χ0v) is 12.0. The van der Waals surface area contributed by atoms with E-state index in [2.05, 4.69) is 35.3 Å². The summed E-state index contributed by atoms with van der Waals surface area (Å²) in [5.74, 6) is 1.61. The maximum Gasteiger partial charge on any atom is 0.120 e. The third-order valence-corrected chi connectivity index (χ3v) is 4.52. The first-order chi connectivity index (χ1) is 9.29. The molecule has 0 bridgehead atoms. The summed E-state index contributed by atoms with van der Waals surface area (Å²) in [5, 5.41) is 3.55. The van der Waals surface area contributed by atoms with E-state index in [1.807, 2.05) is 0 Å². The standard InChI is InChI=1S/C16H24N2O/c1-12-11-17-15-10-13(19-2)6-7-14(15)16(12)18-8-4-3-5-9-18/h6-7,10,12,16-17H,3-5,8-9,11H2,1-2H3. The summed E-state index contributed by atoms with van der Waals surface area (Å²) in [6.07, 6.45) is 4.09. The fourth-order valence-corrected chi connectivity index (χ4v) is 3.52. The van der Waals surface area contributed by atoms with Crippen LogP contribution in [-0.4, -0.2) is 31.6 Å². The van der Waals surface area contributed by atoms with Crippen molar-refractivity contribution < 1.29 is 4.74 Å². The summed E-state index contributed by atoms with van der Waals surface area (Å²) < 4.78 is 5.33. The molecule has 1 aromatic rings. The fourth-order valence-electron chi connectivity index (χ4n) is 3.52. The minimum absolute atomic E-state index is 0.572. The van der Waals surface area contributed by atoms with Crippen LogP contribution in [0.15, 0.2) is 18.2 Å². The summed E-state index contributed by atoms with van der Waals surface area (Å²) in [6.45, 7) is 5.92. The highest BCUT2D eigenvalue weighted by Gasteiger charge is 2.32. The van der Waals surface area contributed by atoms with E-state index in [-0.39, 0.29) is 0 Å². The molecule has 19 heavy (non-hydrogen) atoms. The number of ether oxygens (including phenoxy) is 1. The number of anilines is 1. The Balaban J connectivity index is 1.91. The van der Waals surface area contributed by atoms with Gasteiger partial charge >= 0.3 is 0 Å². The maximum absolute atomic E-state index is 5.33. The van der Waals surface area contributed by atoms with Crippen LogP contribution in [0.25, 0.3) is 0 Å². The lowest BCUT2D eigenvalue weighted by Gasteiger charge is -2.42. The molecular weight excluding hydrogens is 236 g/mol. The van der Waals surface area contributed by atoms with Crippen molar-refractivity contribution in [2.45, 2.75) is 32.2 Å². The highest BCUT2D eigenvalue weighted by atomic mass is 16.5. The van der Waals surface area contributed by atoms with Crippen molar-refractivity contribution in [3.8, 4) is 5.75 Å². The highest BCUT2D eigenvalue weighted by Crippen LogP contribution is 2.40. The molecule has 3 heteroatoms. The fraction of sp³-hybridized carbons (Fsp3) is 0.625. The van der Waals surface area contributed by atoms with Gasteiger partial charge < -0.3 is 10.1 Å². The SMILES string of the molecule is COc1ccc2c(c1)NCC(C)C2N1CCCCC1. The number of hydrogen-bond acceptors (Lipinski definition) is 3. The topological polar surface area (TPSA) is 24.5 Å². The van der Waals surface area contributed by atoms with E-state index < -0.39 is 0 Å². The van der Waals surface area contributed by atoms with E-state index in [0.29, 0.717) is 12.0 Å². The molecule has 2 atom stereocenters. The van der Waals surface area contributed by atoms with Crippen molar-refractivity contribution in [1.82, 2.24) is 4.90 Å². The molecule has 2 aliphatic heterocycles. The lowest BCUT2D eigenvalue weighted by molar-refractivity contribution is 0.123. The maximum atomic E-state index is 5.33. The van der Waals surface area contributed by atoms with Gasteiger partial charge in [-0.1, -0.05) is 19.4 Å². The summed E-state index contributed by atoms with van der Waals surface area (Å²) >= 11 is 0. The van der Waals surface area contributed by atoms with Crippen LogP contribution in [0.3, 0.4) is 0 Å². The number of fused-ring (bicyclic) bond motifs is 1. The average molecular weight is 260 g/mol. The van der Waals surface area contributed by atoms with E-state index in [9.17, 15) is 0 Å². The summed E-state index contributed by atoms with van der Waals surface area (Å²) in [7, 11) is 1.73. The molecule has 1 aromatic carbocycles. The zero-order valence-electron chi connectivity index (χ0n) is 12.0. The third-order valence-electron chi connectivity index (χ3n) is 4.52. The second-order valence-corrected chi connectivity index (χ2v) is 5.85. The van der Waals surface area contributed by atoms with Crippen molar-refractivity contribution in [2.75, 3.05) is 32.1 Å². The second-order valence-electron chi connectivity index (χ2n) is 5.85. The van der Waals surface area contributed by atoms with Gasteiger partial charge in [0.1, 0.15) is 5.75 Å². The first kappa shape index (κ1) is 12.8. The normalized spacial score (nSPS) is 27.5. The highest BCUT2D eigenvalue weighted by molar-refractivity contribution is 5.58. The van der Waals surface area contributed by atoms with E-state index in [4.69, 9.17) is 4.74 Å². The summed E-state index contributed by atoms with van der Waals surface area (Å²) in [4.78, 5) is 2.68. The van der Waals surface area contributed by atoms with E-state index in [1.54, 1.807) is 7.11 Å². The number of benzene rings is 1. The van der Waals surface area contributed by atoms with Crippen LogP contribution < -0.4 is 10.1 Å². The number of nitrogens with one attached hydrogen (secondary N) is 1. The molecule has 2 heterocycles. The smallest absolute Gasteiger partial charge is 0.120 e. The zero-order chi connectivity index (χ0) is 13.2. The van der Waals surface area contributed by atoms with Crippen LogP contribution in [0.5, 0.6) is 5.75 Å². The monoisotopic (exact) mass is 260 g/mol. The first-order valence-corrected chi connectivity index (χ1v) is 7.45. The number of hydrogen-bond donors (Lipinski definition) is 1. The van der Waals surface area contributed by atoms with Gasteiger partial charge in [0, 0.05) is 24.3 Å². The van der Waals surface area contributed by atoms with Gasteiger partial charge in [-0.3, -0.25) is 4.90 Å². The summed E-state index contributed by atoms with van der Waals surface area (Å²) in [6, 6.07) is 7.05. The Morgan fingerprint density at radius 1 is 1.21 bits per heavy atom. The van der Waals surface area contributed by atoms with Crippen molar-refractivity contribution in [3.05, 3.63) is 23.8 Å². The molecule has 0 saturated carbocycles. The van der Waals surface area contributed by atoms with Gasteiger partial charge in [-0.15, -0.1) is 0 Å². The summed E-state index contributed by atoms with van der Waals surface area (Å²) in [5.41, 5.74) is 2.70. The molecule has 104 valence electrons. The van der Waals surface area contributed by atoms with Crippen molar-refractivity contribution in [3.63, 3.8) is 0 Å². The Morgan fingerprint density at radius 2 is 2.00 bits per heavy atom. The molecule has 1 N–H and O–H groups in total. The van der Waals surface area contributed by atoms with Crippen LogP contribution in [0, 0.1) is 5.92 Å². The van der Waals surface area contributed by atoms with Gasteiger partial charge in [0.15, 0.2) is 0 Å². The van der Waals surface area contributed by atoms with Crippen molar-refractivity contribution in [2.24, 2.45) is 5.92 Å². The van der Waals surface area contributed by atoms with Gasteiger partial charge in [-0.2, -0.15) is 0 Å². The van der Waals surface area contributed by atoms with Crippen LogP contribution in [0.2, 0.25) is 0 Å². The minimum atomic E-state index is 0.572. The molecule has 3 rings (SSSR count). The molecular formula is C16H24N2O. The molecule has 0 aliphatic carbocycles. The molecule has 2 aliphatic rings. The Hall–Kier alpha value is -1.22. The molecule has 2 unspecified atom stereocenters. The van der Waals surface area contributed by atoms with Gasteiger partial charge in [0.2, 0.25) is 0 Å².